The summed E-state index contributed by atoms with van der Waals surface area (Å²) >= 11 is 0. The number of carbonyl (C=O) groups excluding carboxylic acids is 1. The Morgan fingerprint density at radius 3 is 2.85 bits per heavy atom. The first-order chi connectivity index (χ1) is 12.5. The molecule has 1 amide bonds. The Labute approximate surface area is 156 Å². The van der Waals surface area contributed by atoms with Crippen molar-refractivity contribution in [2.75, 3.05) is 0 Å². The first-order valence-corrected chi connectivity index (χ1v) is 9.61. The first kappa shape index (κ1) is 20.1. The summed E-state index contributed by atoms with van der Waals surface area (Å²) < 4.78 is 1.59. The highest BCUT2D eigenvalue weighted by Crippen LogP contribution is 2.24. The normalized spacial score (nSPS) is 19.6. The summed E-state index contributed by atoms with van der Waals surface area (Å²) in [6.07, 6.45) is 11.4. The van der Waals surface area contributed by atoms with Gasteiger partial charge in [0.25, 0.3) is 0 Å². The molecule has 5 heteroatoms. The molecule has 1 aliphatic rings. The van der Waals surface area contributed by atoms with Crippen molar-refractivity contribution >= 4 is 5.91 Å². The largest absolute Gasteiger partial charge is 0.347 e. The van der Waals surface area contributed by atoms with E-state index in [1.807, 2.05) is 30.9 Å². The molecule has 0 aliphatic carbocycles. The standard InChI is InChI=1S/C21H31N3O2/c1-5-7-10-19-12-8-11-18(9-6-2)24(19)20(25)13-14-23-17(4)15-16(3)22-21(23)26/h6,8,12,15,18-19H,2,5,7,9-11,13-14H2,1,3-4H3/t18-,19-/m0/s1. The van der Waals surface area contributed by atoms with Gasteiger partial charge in [0, 0.05) is 30.4 Å². The van der Waals surface area contributed by atoms with Crippen LogP contribution in [-0.4, -0.2) is 32.4 Å². The van der Waals surface area contributed by atoms with E-state index in [2.05, 4.69) is 30.6 Å². The lowest BCUT2D eigenvalue weighted by molar-refractivity contribution is -0.136. The first-order valence-electron chi connectivity index (χ1n) is 9.61. The lowest BCUT2D eigenvalue weighted by atomic mass is 9.96. The SMILES string of the molecule is C=CC[C@H]1CC=C[C@H](CCCC)N1C(=O)CCn1c(C)cc(C)nc1=O. The van der Waals surface area contributed by atoms with E-state index in [0.717, 1.165) is 37.8 Å². The van der Waals surface area contributed by atoms with Gasteiger partial charge in [0.2, 0.25) is 5.91 Å². The quantitative estimate of drug-likeness (QED) is 0.669. The highest BCUT2D eigenvalue weighted by Gasteiger charge is 2.30. The maximum absolute atomic E-state index is 13.0. The van der Waals surface area contributed by atoms with Gasteiger partial charge in [0.15, 0.2) is 0 Å². The zero-order valence-corrected chi connectivity index (χ0v) is 16.3. The van der Waals surface area contributed by atoms with Crippen molar-refractivity contribution in [1.29, 1.82) is 0 Å². The van der Waals surface area contributed by atoms with Crippen molar-refractivity contribution < 1.29 is 4.79 Å². The molecule has 0 fully saturated rings. The number of aryl methyl sites for hydroxylation is 2. The average molecular weight is 357 g/mol. The van der Waals surface area contributed by atoms with Crippen molar-refractivity contribution in [3.63, 3.8) is 0 Å². The summed E-state index contributed by atoms with van der Waals surface area (Å²) in [6, 6.07) is 2.19. The van der Waals surface area contributed by atoms with E-state index in [0.29, 0.717) is 18.7 Å². The van der Waals surface area contributed by atoms with Crippen LogP contribution < -0.4 is 5.69 Å². The van der Waals surface area contributed by atoms with Gasteiger partial charge in [-0.25, -0.2) is 4.79 Å². The summed E-state index contributed by atoms with van der Waals surface area (Å²) in [7, 11) is 0. The molecule has 2 rings (SSSR count). The third-order valence-electron chi connectivity index (χ3n) is 4.99. The summed E-state index contributed by atoms with van der Waals surface area (Å²) in [5, 5.41) is 0. The maximum Gasteiger partial charge on any atom is 0.347 e. The number of hydrogen-bond donors (Lipinski definition) is 0. The highest BCUT2D eigenvalue weighted by atomic mass is 16.2. The van der Waals surface area contributed by atoms with E-state index in [9.17, 15) is 9.59 Å². The molecule has 0 N–H and O–H groups in total. The Morgan fingerprint density at radius 1 is 1.42 bits per heavy atom. The Balaban J connectivity index is 2.14. The zero-order chi connectivity index (χ0) is 19.1. The van der Waals surface area contributed by atoms with Gasteiger partial charge in [-0.1, -0.05) is 38.0 Å². The molecule has 2 atom stereocenters. The van der Waals surface area contributed by atoms with Crippen molar-refractivity contribution in [1.82, 2.24) is 14.5 Å². The number of unbranched alkanes of at least 4 members (excludes halogenated alkanes) is 1. The Hall–Kier alpha value is -2.17. The molecule has 142 valence electrons. The van der Waals surface area contributed by atoms with Crippen molar-refractivity contribution in [2.45, 2.75) is 77.9 Å². The fraction of sp³-hybridized carbons (Fsp3) is 0.571. The van der Waals surface area contributed by atoms with Gasteiger partial charge >= 0.3 is 5.69 Å². The Bertz CT molecular complexity index is 720. The predicted molar refractivity (Wildman–Crippen MR) is 105 cm³/mol. The van der Waals surface area contributed by atoms with Crippen molar-refractivity contribution in [2.24, 2.45) is 0 Å². The molecule has 0 bridgehead atoms. The van der Waals surface area contributed by atoms with Gasteiger partial charge in [-0.05, 0) is 39.2 Å². The second-order valence-corrected chi connectivity index (χ2v) is 7.08. The fourth-order valence-electron chi connectivity index (χ4n) is 3.69. The second kappa shape index (κ2) is 9.51. The van der Waals surface area contributed by atoms with Crippen LogP contribution in [-0.2, 0) is 11.3 Å². The summed E-state index contributed by atoms with van der Waals surface area (Å²) in [5.74, 6) is 0.106. The lowest BCUT2D eigenvalue weighted by Crippen LogP contribution is -2.48. The molecule has 26 heavy (non-hydrogen) atoms. The van der Waals surface area contributed by atoms with Crippen LogP contribution in [0.4, 0.5) is 0 Å². The maximum atomic E-state index is 13.0. The molecule has 1 aliphatic heterocycles. The molecule has 0 radical (unpaired) electrons. The predicted octanol–water partition coefficient (Wildman–Crippen LogP) is 3.54. The number of hydrogen-bond acceptors (Lipinski definition) is 3. The molecule has 0 saturated heterocycles. The molecule has 5 nitrogen and oxygen atoms in total. The van der Waals surface area contributed by atoms with Crippen LogP contribution in [0.25, 0.3) is 0 Å². The second-order valence-electron chi connectivity index (χ2n) is 7.08. The van der Waals surface area contributed by atoms with Crippen molar-refractivity contribution in [3.8, 4) is 0 Å². The third kappa shape index (κ3) is 4.93. The van der Waals surface area contributed by atoms with Crippen LogP contribution in [0.3, 0.4) is 0 Å². The smallest absolute Gasteiger partial charge is 0.333 e. The van der Waals surface area contributed by atoms with Gasteiger partial charge in [-0.3, -0.25) is 9.36 Å². The number of carbonyl (C=O) groups is 1. The molecule has 0 spiro atoms. The number of rotatable bonds is 8. The van der Waals surface area contributed by atoms with Crippen LogP contribution in [0.1, 0.15) is 56.8 Å². The number of aromatic nitrogens is 2. The monoisotopic (exact) mass is 357 g/mol. The van der Waals surface area contributed by atoms with E-state index < -0.39 is 0 Å². The topological polar surface area (TPSA) is 55.2 Å². The molecular formula is C21H31N3O2. The van der Waals surface area contributed by atoms with Crippen LogP contribution in [0.15, 0.2) is 35.7 Å². The molecule has 0 unspecified atom stereocenters. The Morgan fingerprint density at radius 2 is 2.19 bits per heavy atom. The summed E-state index contributed by atoms with van der Waals surface area (Å²) in [6.45, 7) is 10.1. The van der Waals surface area contributed by atoms with Crippen LogP contribution in [0, 0.1) is 13.8 Å². The van der Waals surface area contributed by atoms with Gasteiger partial charge in [0.1, 0.15) is 0 Å². The minimum Gasteiger partial charge on any atom is -0.333 e. The zero-order valence-electron chi connectivity index (χ0n) is 16.3. The Kier molecular flexibility index (Phi) is 7.37. The van der Waals surface area contributed by atoms with Gasteiger partial charge in [-0.15, -0.1) is 6.58 Å². The van der Waals surface area contributed by atoms with Crippen LogP contribution in [0.5, 0.6) is 0 Å². The molecule has 2 heterocycles. The van der Waals surface area contributed by atoms with Crippen LogP contribution >= 0.6 is 0 Å². The minimum absolute atomic E-state index is 0.106. The third-order valence-corrected chi connectivity index (χ3v) is 4.99. The minimum atomic E-state index is -0.279. The molecular weight excluding hydrogens is 326 g/mol. The van der Waals surface area contributed by atoms with E-state index in [4.69, 9.17) is 0 Å². The van der Waals surface area contributed by atoms with E-state index in [1.54, 1.807) is 4.57 Å². The van der Waals surface area contributed by atoms with Gasteiger partial charge < -0.3 is 4.90 Å². The molecule has 1 aromatic heterocycles. The van der Waals surface area contributed by atoms with Crippen molar-refractivity contribution in [3.05, 3.63) is 52.7 Å². The van der Waals surface area contributed by atoms with Gasteiger partial charge in [0.05, 0.1) is 6.04 Å². The summed E-state index contributed by atoms with van der Waals surface area (Å²) in [5.41, 5.74) is 1.28. The lowest BCUT2D eigenvalue weighted by Gasteiger charge is -2.39. The molecule has 1 aromatic rings. The summed E-state index contributed by atoms with van der Waals surface area (Å²) in [4.78, 5) is 31.2. The van der Waals surface area contributed by atoms with E-state index >= 15 is 0 Å². The van der Waals surface area contributed by atoms with E-state index in [-0.39, 0.29) is 23.7 Å². The van der Waals surface area contributed by atoms with E-state index in [1.165, 1.54) is 0 Å². The molecule has 0 saturated carbocycles. The average Bonchev–Trinajstić information content (AvgIpc) is 2.59. The fourth-order valence-corrected chi connectivity index (χ4v) is 3.69. The highest BCUT2D eigenvalue weighted by molar-refractivity contribution is 5.77. The van der Waals surface area contributed by atoms with Crippen LogP contribution in [0.2, 0.25) is 0 Å². The number of amides is 1. The number of nitrogens with zero attached hydrogens (tertiary/aromatic N) is 3. The van der Waals surface area contributed by atoms with Gasteiger partial charge in [-0.2, -0.15) is 4.98 Å². The molecule has 0 aromatic carbocycles.